The highest BCUT2D eigenvalue weighted by atomic mass is 32.1. The summed E-state index contributed by atoms with van der Waals surface area (Å²) in [6, 6.07) is 0. The van der Waals surface area contributed by atoms with E-state index >= 15 is 0 Å². The van der Waals surface area contributed by atoms with Crippen molar-refractivity contribution in [2.24, 2.45) is 5.92 Å². The van der Waals surface area contributed by atoms with E-state index in [1.165, 1.54) is 32.1 Å². The van der Waals surface area contributed by atoms with Crippen LogP contribution in [0.3, 0.4) is 0 Å². The van der Waals surface area contributed by atoms with Gasteiger partial charge in [0, 0.05) is 18.5 Å². The Hall–Kier alpha value is -0.940. The molecule has 0 aliphatic heterocycles. The van der Waals surface area contributed by atoms with Crippen molar-refractivity contribution in [2.45, 2.75) is 45.6 Å². The molecule has 1 heterocycles. The van der Waals surface area contributed by atoms with Gasteiger partial charge in [-0.3, -0.25) is 9.69 Å². The molecule has 112 valence electrons. The summed E-state index contributed by atoms with van der Waals surface area (Å²) in [5, 5.41) is 6.22. The average molecular weight is 295 g/mol. The summed E-state index contributed by atoms with van der Waals surface area (Å²) in [6.45, 7) is 4.04. The van der Waals surface area contributed by atoms with E-state index in [0.717, 1.165) is 23.8 Å². The smallest absolute Gasteiger partial charge is 0.234 e. The highest BCUT2D eigenvalue weighted by molar-refractivity contribution is 7.09. The predicted octanol–water partition coefficient (Wildman–Crippen LogP) is 2.58. The first kappa shape index (κ1) is 15.4. The summed E-state index contributed by atoms with van der Waals surface area (Å²) in [6.07, 6.45) is 6.55. The van der Waals surface area contributed by atoms with E-state index < -0.39 is 0 Å². The molecule has 0 atom stereocenters. The number of hydrogen-bond donors (Lipinski definition) is 1. The Morgan fingerprint density at radius 1 is 1.45 bits per heavy atom. The summed E-state index contributed by atoms with van der Waals surface area (Å²) in [5.41, 5.74) is 1.05. The minimum atomic E-state index is 0.130. The molecule has 1 saturated carbocycles. The number of rotatable bonds is 6. The van der Waals surface area contributed by atoms with Crippen LogP contribution in [0, 0.1) is 12.8 Å². The molecule has 0 bridgehead atoms. The molecule has 1 aliphatic carbocycles. The number of aryl methyl sites for hydroxylation is 1. The number of carbonyl (C=O) groups excluding carboxylic acids is 1. The number of nitrogens with one attached hydrogen (secondary N) is 1. The van der Waals surface area contributed by atoms with Crippen molar-refractivity contribution in [1.29, 1.82) is 0 Å². The number of amides is 1. The van der Waals surface area contributed by atoms with Crippen LogP contribution in [-0.2, 0) is 11.3 Å². The quantitative estimate of drug-likeness (QED) is 0.877. The fourth-order valence-corrected chi connectivity index (χ4v) is 3.37. The van der Waals surface area contributed by atoms with Crippen LogP contribution in [0.5, 0.6) is 0 Å². The summed E-state index contributed by atoms with van der Waals surface area (Å²) in [7, 11) is 1.97. The largest absolute Gasteiger partial charge is 0.355 e. The van der Waals surface area contributed by atoms with E-state index in [1.54, 1.807) is 11.3 Å². The van der Waals surface area contributed by atoms with E-state index in [-0.39, 0.29) is 5.91 Å². The van der Waals surface area contributed by atoms with Crippen molar-refractivity contribution >= 4 is 17.2 Å². The lowest BCUT2D eigenvalue weighted by atomic mass is 9.89. The van der Waals surface area contributed by atoms with Gasteiger partial charge in [0.05, 0.1) is 17.2 Å². The number of nitrogens with zero attached hydrogens (tertiary/aromatic N) is 2. The minimum Gasteiger partial charge on any atom is -0.355 e. The second-order valence-electron chi connectivity index (χ2n) is 5.84. The normalized spacial score (nSPS) is 16.6. The number of likely N-dealkylation sites (N-methyl/N-ethyl adjacent to an activating group) is 1. The minimum absolute atomic E-state index is 0.130. The second-order valence-corrected chi connectivity index (χ2v) is 6.90. The van der Waals surface area contributed by atoms with E-state index in [4.69, 9.17) is 0 Å². The van der Waals surface area contributed by atoms with E-state index in [9.17, 15) is 4.79 Å². The Kier molecular flexibility index (Phi) is 5.98. The van der Waals surface area contributed by atoms with Crippen LogP contribution in [0.15, 0.2) is 5.38 Å². The van der Waals surface area contributed by atoms with E-state index in [0.29, 0.717) is 12.5 Å². The first-order valence-corrected chi connectivity index (χ1v) is 8.37. The molecule has 1 fully saturated rings. The standard InChI is InChI=1S/C15H25N3OS/c1-12-17-14(11-20-12)9-18(2)10-15(19)16-8-13-6-4-3-5-7-13/h11,13H,3-10H2,1-2H3,(H,16,19). The lowest BCUT2D eigenvalue weighted by Crippen LogP contribution is -2.37. The summed E-state index contributed by atoms with van der Waals surface area (Å²) < 4.78 is 0. The van der Waals surface area contributed by atoms with Crippen LogP contribution in [0.4, 0.5) is 0 Å². The van der Waals surface area contributed by atoms with E-state index in [1.807, 2.05) is 18.9 Å². The van der Waals surface area contributed by atoms with Gasteiger partial charge in [0.2, 0.25) is 5.91 Å². The zero-order chi connectivity index (χ0) is 14.4. The van der Waals surface area contributed by atoms with Gasteiger partial charge < -0.3 is 5.32 Å². The monoisotopic (exact) mass is 295 g/mol. The maximum absolute atomic E-state index is 11.9. The number of aromatic nitrogens is 1. The Morgan fingerprint density at radius 2 is 2.20 bits per heavy atom. The Morgan fingerprint density at radius 3 is 2.85 bits per heavy atom. The second kappa shape index (κ2) is 7.74. The van der Waals surface area contributed by atoms with Crippen molar-refractivity contribution in [3.63, 3.8) is 0 Å². The molecule has 1 aromatic rings. The van der Waals surface area contributed by atoms with Crippen LogP contribution < -0.4 is 5.32 Å². The van der Waals surface area contributed by atoms with Crippen molar-refractivity contribution in [3.8, 4) is 0 Å². The molecule has 5 heteroatoms. The number of hydrogen-bond acceptors (Lipinski definition) is 4. The van der Waals surface area contributed by atoms with Gasteiger partial charge in [0.15, 0.2) is 0 Å². The third-order valence-corrected chi connectivity index (χ3v) is 4.65. The fraction of sp³-hybridized carbons (Fsp3) is 0.733. The Bertz CT molecular complexity index is 427. The zero-order valence-corrected chi connectivity index (χ0v) is 13.3. The van der Waals surface area contributed by atoms with Gasteiger partial charge in [-0.15, -0.1) is 11.3 Å². The van der Waals surface area contributed by atoms with Crippen LogP contribution in [0.25, 0.3) is 0 Å². The Balaban J connectivity index is 1.65. The van der Waals surface area contributed by atoms with Crippen LogP contribution in [0.1, 0.15) is 42.8 Å². The molecular formula is C15H25N3OS. The molecule has 0 unspecified atom stereocenters. The lowest BCUT2D eigenvalue weighted by Gasteiger charge is -2.22. The van der Waals surface area contributed by atoms with E-state index in [2.05, 4.69) is 15.7 Å². The molecule has 1 aliphatic rings. The zero-order valence-electron chi connectivity index (χ0n) is 12.5. The molecular weight excluding hydrogens is 270 g/mol. The lowest BCUT2D eigenvalue weighted by molar-refractivity contribution is -0.122. The molecule has 4 nitrogen and oxygen atoms in total. The molecule has 0 saturated heterocycles. The van der Waals surface area contributed by atoms with Gasteiger partial charge in [0.25, 0.3) is 0 Å². The highest BCUT2D eigenvalue weighted by Gasteiger charge is 2.15. The van der Waals surface area contributed by atoms with Crippen LogP contribution in [0.2, 0.25) is 0 Å². The SMILES string of the molecule is Cc1nc(CN(C)CC(=O)NCC2CCCCC2)cs1. The van der Waals surface area contributed by atoms with Crippen LogP contribution >= 0.6 is 11.3 Å². The summed E-state index contributed by atoms with van der Waals surface area (Å²) >= 11 is 1.66. The summed E-state index contributed by atoms with van der Waals surface area (Å²) in [5.74, 6) is 0.823. The highest BCUT2D eigenvalue weighted by Crippen LogP contribution is 2.22. The molecule has 0 spiro atoms. The maximum Gasteiger partial charge on any atom is 0.234 e. The van der Waals surface area contributed by atoms with Gasteiger partial charge in [-0.05, 0) is 32.7 Å². The predicted molar refractivity (Wildman–Crippen MR) is 82.8 cm³/mol. The topological polar surface area (TPSA) is 45.2 Å². The molecule has 1 N–H and O–H groups in total. The van der Waals surface area contributed by atoms with Gasteiger partial charge in [-0.2, -0.15) is 0 Å². The number of thiazole rings is 1. The van der Waals surface area contributed by atoms with Gasteiger partial charge >= 0.3 is 0 Å². The maximum atomic E-state index is 11.9. The molecule has 20 heavy (non-hydrogen) atoms. The fourth-order valence-electron chi connectivity index (χ4n) is 2.76. The van der Waals surface area contributed by atoms with Crippen molar-refractivity contribution < 1.29 is 4.79 Å². The Labute approximate surface area is 125 Å². The summed E-state index contributed by atoms with van der Waals surface area (Å²) in [4.78, 5) is 18.4. The van der Waals surface area contributed by atoms with Gasteiger partial charge in [-0.1, -0.05) is 19.3 Å². The molecule has 0 aromatic carbocycles. The average Bonchev–Trinajstić information content (AvgIpc) is 2.83. The first-order valence-electron chi connectivity index (χ1n) is 7.49. The molecule has 2 rings (SSSR count). The molecule has 1 amide bonds. The van der Waals surface area contributed by atoms with Crippen LogP contribution in [-0.4, -0.2) is 35.9 Å². The van der Waals surface area contributed by atoms with Crippen molar-refractivity contribution in [3.05, 3.63) is 16.1 Å². The van der Waals surface area contributed by atoms with Crippen molar-refractivity contribution in [1.82, 2.24) is 15.2 Å². The first-order chi connectivity index (χ1) is 9.63. The van der Waals surface area contributed by atoms with Gasteiger partial charge in [0.1, 0.15) is 0 Å². The molecule has 1 aromatic heterocycles. The number of carbonyl (C=O) groups is 1. The van der Waals surface area contributed by atoms with Crippen molar-refractivity contribution in [2.75, 3.05) is 20.1 Å². The molecule has 0 radical (unpaired) electrons. The van der Waals surface area contributed by atoms with Gasteiger partial charge in [-0.25, -0.2) is 4.98 Å². The third kappa shape index (κ3) is 5.21. The third-order valence-electron chi connectivity index (χ3n) is 3.82.